The molecule has 0 aromatic heterocycles. The monoisotopic (exact) mass is 759 g/mol. The molecule has 0 rings (SSSR count). The molecule has 2 unspecified atom stereocenters. The van der Waals surface area contributed by atoms with E-state index in [0.717, 1.165) is 57.8 Å². The van der Waals surface area contributed by atoms with Crippen LogP contribution in [0.5, 0.6) is 0 Å². The van der Waals surface area contributed by atoms with Gasteiger partial charge < -0.3 is 18.9 Å². The molecule has 0 saturated heterocycles. The van der Waals surface area contributed by atoms with E-state index in [1.54, 1.807) is 0 Å². The third kappa shape index (κ3) is 38.4. The van der Waals surface area contributed by atoms with Gasteiger partial charge in [0.15, 0.2) is 6.10 Å². The zero-order valence-electron chi connectivity index (χ0n) is 34.4. The Kier molecular flexibility index (Phi) is 34.5. The van der Waals surface area contributed by atoms with Gasteiger partial charge in [-0.05, 0) is 50.7 Å². The van der Waals surface area contributed by atoms with E-state index in [2.05, 4.69) is 31.7 Å². The predicted octanol–water partition coefficient (Wildman–Crippen LogP) is 10.5. The Morgan fingerprint density at radius 3 is 1.52 bits per heavy atom. The molecule has 10 heteroatoms. The SMILES string of the molecule is CCCCCCCC=C=CCCCCCCCC(=O)OC(COC(=O)CCCCCCCCCCCCCCC)CO[P+]([O-])(O)OCC[N+](C)(C)C. The summed E-state index contributed by atoms with van der Waals surface area (Å²) in [4.78, 5) is 47.7. The minimum absolute atomic E-state index is 0.0298. The molecule has 0 aromatic carbocycles. The van der Waals surface area contributed by atoms with Crippen molar-refractivity contribution in [3.8, 4) is 0 Å². The molecule has 2 atom stereocenters. The van der Waals surface area contributed by atoms with Crippen LogP contribution in [-0.4, -0.2) is 74.9 Å². The smallest absolute Gasteiger partial charge is 0.377 e. The van der Waals surface area contributed by atoms with Crippen LogP contribution >= 0.6 is 8.17 Å². The molecule has 0 bridgehead atoms. The number of hydrogen-bond donors (Lipinski definition) is 1. The normalized spacial score (nSPS) is 13.3. The van der Waals surface area contributed by atoms with E-state index in [1.165, 1.54) is 96.3 Å². The average molecular weight is 759 g/mol. The van der Waals surface area contributed by atoms with E-state index in [0.29, 0.717) is 17.4 Å². The number of quaternary nitrogens is 1. The number of unbranched alkanes of at least 4 members (excludes halogenated alkanes) is 22. The lowest BCUT2D eigenvalue weighted by molar-refractivity contribution is -0.870. The number of phosphoric acid groups is 1. The first-order valence-electron chi connectivity index (χ1n) is 21.2. The number of phosphoric ester groups is 1. The fraction of sp³-hybridized carbons (Fsp3) is 0.881. The highest BCUT2D eigenvalue weighted by Gasteiger charge is 2.31. The summed E-state index contributed by atoms with van der Waals surface area (Å²) in [6.45, 7) is 4.39. The summed E-state index contributed by atoms with van der Waals surface area (Å²) < 4.78 is 21.8. The molecule has 0 radical (unpaired) electrons. The van der Waals surface area contributed by atoms with Crippen molar-refractivity contribution in [1.29, 1.82) is 0 Å². The third-order valence-corrected chi connectivity index (χ3v) is 10.1. The van der Waals surface area contributed by atoms with Gasteiger partial charge in [-0.25, -0.2) is 0 Å². The van der Waals surface area contributed by atoms with Crippen molar-refractivity contribution in [2.75, 3.05) is 47.5 Å². The van der Waals surface area contributed by atoms with Gasteiger partial charge in [-0.2, -0.15) is 13.9 Å². The summed E-state index contributed by atoms with van der Waals surface area (Å²) in [5, 5.41) is 0. The molecule has 0 heterocycles. The van der Waals surface area contributed by atoms with Crippen LogP contribution in [0.2, 0.25) is 0 Å². The van der Waals surface area contributed by atoms with Gasteiger partial charge in [-0.3, -0.25) is 9.59 Å². The fourth-order valence-electron chi connectivity index (χ4n) is 5.70. The van der Waals surface area contributed by atoms with Crippen LogP contribution in [0.4, 0.5) is 0 Å². The van der Waals surface area contributed by atoms with Gasteiger partial charge in [0.1, 0.15) is 26.4 Å². The minimum Gasteiger partial charge on any atom is -0.606 e. The highest BCUT2D eigenvalue weighted by atomic mass is 31.2. The van der Waals surface area contributed by atoms with E-state index < -0.39 is 26.9 Å². The summed E-state index contributed by atoms with van der Waals surface area (Å²) >= 11 is 0. The van der Waals surface area contributed by atoms with Crippen LogP contribution in [0, 0.1) is 0 Å². The fourth-order valence-corrected chi connectivity index (χ4v) is 6.44. The van der Waals surface area contributed by atoms with E-state index in [1.807, 2.05) is 21.1 Å². The molecule has 0 spiro atoms. The molecule has 0 fully saturated rings. The lowest BCUT2D eigenvalue weighted by Crippen LogP contribution is -2.38. The molecule has 0 aliphatic rings. The topological polar surface area (TPSA) is 114 Å². The van der Waals surface area contributed by atoms with Crippen molar-refractivity contribution in [3.05, 3.63) is 17.9 Å². The molecular formula is C42H81NO8P+. The van der Waals surface area contributed by atoms with Crippen LogP contribution in [0.15, 0.2) is 17.9 Å². The van der Waals surface area contributed by atoms with Gasteiger partial charge in [0.25, 0.3) is 0 Å². The molecule has 1 N–H and O–H groups in total. The summed E-state index contributed by atoms with van der Waals surface area (Å²) in [5.41, 5.74) is 3.30. The maximum atomic E-state index is 12.6. The number of ether oxygens (including phenoxy) is 2. The van der Waals surface area contributed by atoms with E-state index >= 15 is 0 Å². The molecular weight excluding hydrogens is 677 g/mol. The minimum atomic E-state index is -4.37. The molecule has 0 amide bonds. The molecule has 52 heavy (non-hydrogen) atoms. The van der Waals surface area contributed by atoms with Gasteiger partial charge in [0.05, 0.1) is 21.1 Å². The number of likely N-dealkylation sites (N-methyl/N-ethyl adjacent to an activating group) is 1. The maximum absolute atomic E-state index is 12.6. The van der Waals surface area contributed by atoms with Crippen LogP contribution in [0.1, 0.15) is 187 Å². The largest absolute Gasteiger partial charge is 0.606 e. The molecule has 9 nitrogen and oxygen atoms in total. The number of carbonyl (C=O) groups excluding carboxylic acids is 2. The van der Waals surface area contributed by atoms with Gasteiger partial charge in [0, 0.05) is 12.8 Å². The summed E-state index contributed by atoms with van der Waals surface area (Å²) in [6, 6.07) is 0. The predicted molar refractivity (Wildman–Crippen MR) is 213 cm³/mol. The number of esters is 2. The average Bonchev–Trinajstić information content (AvgIpc) is 3.09. The Bertz CT molecular complexity index is 901. The number of carbonyl (C=O) groups is 2. The quantitative estimate of drug-likeness (QED) is 0.0218. The maximum Gasteiger partial charge on any atom is 0.377 e. The van der Waals surface area contributed by atoms with Crippen molar-refractivity contribution in [2.24, 2.45) is 0 Å². The van der Waals surface area contributed by atoms with Crippen LogP contribution in [-0.2, 0) is 28.1 Å². The van der Waals surface area contributed by atoms with Crippen LogP contribution < -0.4 is 4.89 Å². The van der Waals surface area contributed by atoms with Crippen molar-refractivity contribution < 1.29 is 42.4 Å². The number of nitrogens with zero attached hydrogens (tertiary/aromatic N) is 1. The van der Waals surface area contributed by atoms with E-state index in [-0.39, 0.29) is 32.0 Å². The second-order valence-corrected chi connectivity index (χ2v) is 16.9. The second-order valence-electron chi connectivity index (χ2n) is 15.5. The lowest BCUT2D eigenvalue weighted by atomic mass is 10.0. The first kappa shape index (κ1) is 50.7. The Balaban J connectivity index is 4.41. The molecule has 0 aliphatic carbocycles. The van der Waals surface area contributed by atoms with E-state index in [9.17, 15) is 19.4 Å². The number of hydrogen-bond acceptors (Lipinski definition) is 8. The van der Waals surface area contributed by atoms with Crippen molar-refractivity contribution in [2.45, 2.75) is 193 Å². The Morgan fingerprint density at radius 1 is 0.635 bits per heavy atom. The Hall–Kier alpha value is -1.31. The highest BCUT2D eigenvalue weighted by Crippen LogP contribution is 2.47. The zero-order chi connectivity index (χ0) is 38.6. The summed E-state index contributed by atoms with van der Waals surface area (Å²) in [5.74, 6) is -0.814. The Labute approximate surface area is 320 Å². The Morgan fingerprint density at radius 2 is 1.06 bits per heavy atom. The summed E-state index contributed by atoms with van der Waals surface area (Å²) in [7, 11) is 1.47. The summed E-state index contributed by atoms with van der Waals surface area (Å²) in [6.07, 6.45) is 33.1. The zero-order valence-corrected chi connectivity index (χ0v) is 35.2. The lowest BCUT2D eigenvalue weighted by Gasteiger charge is -2.26. The first-order chi connectivity index (χ1) is 25.0. The molecule has 0 aromatic rings. The number of allylic oxidation sites excluding steroid dienone is 1. The third-order valence-electron chi connectivity index (χ3n) is 9.07. The van der Waals surface area contributed by atoms with Crippen molar-refractivity contribution in [3.63, 3.8) is 0 Å². The van der Waals surface area contributed by atoms with Crippen molar-refractivity contribution >= 4 is 20.1 Å². The molecule has 0 aliphatic heterocycles. The van der Waals surface area contributed by atoms with Crippen LogP contribution in [0.3, 0.4) is 0 Å². The van der Waals surface area contributed by atoms with Crippen LogP contribution in [0.25, 0.3) is 0 Å². The second kappa shape index (κ2) is 35.4. The van der Waals surface area contributed by atoms with Gasteiger partial charge >= 0.3 is 20.1 Å². The van der Waals surface area contributed by atoms with Crippen molar-refractivity contribution in [1.82, 2.24) is 0 Å². The van der Waals surface area contributed by atoms with Gasteiger partial charge in [0.2, 0.25) is 0 Å². The van der Waals surface area contributed by atoms with Gasteiger partial charge in [-0.1, -0.05) is 136 Å². The van der Waals surface area contributed by atoms with Gasteiger partial charge in [-0.15, -0.1) is 5.73 Å². The molecule has 306 valence electrons. The standard InChI is InChI=1S/C42H80NO8P/c1-6-8-10-12-14-16-18-20-21-23-25-27-29-31-33-35-42(45)51-40(39-50-52(46,47)49-37-36-43(3,4)5)38-48-41(44)34-32-30-28-26-24-22-19-17-15-13-11-9-7-2/h18,21,40H,6-17,19,22-39H2,1-5H3/p+1. The molecule has 0 saturated carbocycles. The van der Waals surface area contributed by atoms with E-state index in [4.69, 9.17) is 18.5 Å². The number of rotatable bonds is 38. The first-order valence-corrected chi connectivity index (χ1v) is 22.7. The highest BCUT2D eigenvalue weighted by molar-refractivity contribution is 7.52.